The maximum absolute atomic E-state index is 5.93. The summed E-state index contributed by atoms with van der Waals surface area (Å²) in [6.07, 6.45) is 7.46. The van der Waals surface area contributed by atoms with Gasteiger partial charge in [-0.05, 0) is 18.8 Å². The van der Waals surface area contributed by atoms with Gasteiger partial charge in [-0.15, -0.1) is 11.6 Å². The zero-order valence-electron chi connectivity index (χ0n) is 8.23. The average Bonchev–Trinajstić information content (AvgIpc) is 2.17. The zero-order chi connectivity index (χ0) is 9.97. The smallest absolute Gasteiger partial charge is 0.146 e. The van der Waals surface area contributed by atoms with Crippen molar-refractivity contribution in [3.63, 3.8) is 0 Å². The SMILES string of the molecule is CN(CC1CC(Cl)C1)c1cnccn1. The lowest BCUT2D eigenvalue weighted by molar-refractivity contribution is 0.328. The molecule has 76 valence electrons. The quantitative estimate of drug-likeness (QED) is 0.716. The summed E-state index contributed by atoms with van der Waals surface area (Å²) < 4.78 is 0. The van der Waals surface area contributed by atoms with E-state index >= 15 is 0 Å². The number of aromatic nitrogens is 2. The van der Waals surface area contributed by atoms with E-state index in [9.17, 15) is 0 Å². The topological polar surface area (TPSA) is 29.0 Å². The Balaban J connectivity index is 1.87. The van der Waals surface area contributed by atoms with Crippen LogP contribution in [0.1, 0.15) is 12.8 Å². The highest BCUT2D eigenvalue weighted by Gasteiger charge is 2.28. The molecule has 14 heavy (non-hydrogen) atoms. The summed E-state index contributed by atoms with van der Waals surface area (Å²) in [5.41, 5.74) is 0. The van der Waals surface area contributed by atoms with E-state index in [4.69, 9.17) is 11.6 Å². The third-order valence-electron chi connectivity index (χ3n) is 2.65. The molecule has 0 saturated heterocycles. The lowest BCUT2D eigenvalue weighted by atomic mass is 9.84. The van der Waals surface area contributed by atoms with Crippen LogP contribution in [0.5, 0.6) is 0 Å². The number of rotatable bonds is 3. The Kier molecular flexibility index (Phi) is 2.87. The molecule has 1 fully saturated rings. The van der Waals surface area contributed by atoms with Crippen molar-refractivity contribution in [3.05, 3.63) is 18.6 Å². The first-order valence-electron chi connectivity index (χ1n) is 4.87. The Morgan fingerprint density at radius 1 is 1.50 bits per heavy atom. The summed E-state index contributed by atoms with van der Waals surface area (Å²) >= 11 is 5.93. The molecule has 1 saturated carbocycles. The largest absolute Gasteiger partial charge is 0.358 e. The molecule has 3 nitrogen and oxygen atoms in total. The molecule has 1 aliphatic rings. The number of halogens is 1. The predicted octanol–water partition coefficient (Wildman–Crippen LogP) is 1.93. The maximum Gasteiger partial charge on any atom is 0.146 e. The summed E-state index contributed by atoms with van der Waals surface area (Å²) in [4.78, 5) is 10.4. The number of anilines is 1. The number of alkyl halides is 1. The first kappa shape index (κ1) is 9.71. The van der Waals surface area contributed by atoms with E-state index in [-0.39, 0.29) is 0 Å². The van der Waals surface area contributed by atoms with Crippen LogP contribution in [-0.2, 0) is 0 Å². The van der Waals surface area contributed by atoms with Crippen molar-refractivity contribution < 1.29 is 0 Å². The summed E-state index contributed by atoms with van der Waals surface area (Å²) in [5.74, 6) is 1.66. The maximum atomic E-state index is 5.93. The van der Waals surface area contributed by atoms with Crippen LogP contribution < -0.4 is 4.90 Å². The zero-order valence-corrected chi connectivity index (χ0v) is 8.98. The molecule has 4 heteroatoms. The van der Waals surface area contributed by atoms with Crippen molar-refractivity contribution >= 4 is 17.4 Å². The van der Waals surface area contributed by atoms with Gasteiger partial charge < -0.3 is 4.90 Å². The average molecular weight is 212 g/mol. The Hall–Kier alpha value is -0.830. The van der Waals surface area contributed by atoms with E-state index in [2.05, 4.69) is 14.9 Å². The molecule has 0 amide bonds. The van der Waals surface area contributed by atoms with Crippen molar-refractivity contribution in [2.75, 3.05) is 18.5 Å². The minimum Gasteiger partial charge on any atom is -0.358 e. The lowest BCUT2D eigenvalue weighted by Crippen LogP contribution is -2.35. The van der Waals surface area contributed by atoms with Gasteiger partial charge >= 0.3 is 0 Å². The fourth-order valence-corrected chi connectivity index (χ4v) is 2.28. The Morgan fingerprint density at radius 3 is 2.86 bits per heavy atom. The van der Waals surface area contributed by atoms with Gasteiger partial charge in [0.2, 0.25) is 0 Å². The summed E-state index contributed by atoms with van der Waals surface area (Å²) in [6, 6.07) is 0. The summed E-state index contributed by atoms with van der Waals surface area (Å²) in [7, 11) is 2.05. The molecule has 0 aromatic carbocycles. The van der Waals surface area contributed by atoms with Crippen LogP contribution in [0.3, 0.4) is 0 Å². The van der Waals surface area contributed by atoms with E-state index in [1.54, 1.807) is 18.6 Å². The van der Waals surface area contributed by atoms with Gasteiger partial charge in [-0.3, -0.25) is 4.98 Å². The number of hydrogen-bond donors (Lipinski definition) is 0. The van der Waals surface area contributed by atoms with E-state index in [0.29, 0.717) is 5.38 Å². The fourth-order valence-electron chi connectivity index (χ4n) is 1.77. The molecule has 0 radical (unpaired) electrons. The molecule has 0 spiro atoms. The fraction of sp³-hybridized carbons (Fsp3) is 0.600. The minimum absolute atomic E-state index is 0.398. The summed E-state index contributed by atoms with van der Waals surface area (Å²) in [6.45, 7) is 1.03. The second-order valence-electron chi connectivity index (χ2n) is 3.88. The second kappa shape index (κ2) is 4.13. The second-order valence-corrected chi connectivity index (χ2v) is 4.50. The van der Waals surface area contributed by atoms with Crippen LogP contribution in [0.2, 0.25) is 0 Å². The first-order valence-corrected chi connectivity index (χ1v) is 5.30. The first-order chi connectivity index (χ1) is 6.75. The highest BCUT2D eigenvalue weighted by molar-refractivity contribution is 6.21. The van der Waals surface area contributed by atoms with Crippen molar-refractivity contribution in [3.8, 4) is 0 Å². The Bertz CT molecular complexity index is 285. The molecule has 0 atom stereocenters. The van der Waals surface area contributed by atoms with Gasteiger partial charge in [0, 0.05) is 31.4 Å². The van der Waals surface area contributed by atoms with Crippen molar-refractivity contribution in [2.24, 2.45) is 5.92 Å². The summed E-state index contributed by atoms with van der Waals surface area (Å²) in [5, 5.41) is 0.398. The molecular formula is C10H14ClN3. The van der Waals surface area contributed by atoms with Crippen LogP contribution in [0, 0.1) is 5.92 Å². The third-order valence-corrected chi connectivity index (χ3v) is 3.01. The van der Waals surface area contributed by atoms with E-state index in [0.717, 1.165) is 31.1 Å². The molecule has 0 unspecified atom stereocenters. The third kappa shape index (κ3) is 2.15. The van der Waals surface area contributed by atoms with Gasteiger partial charge in [0.05, 0.1) is 6.20 Å². The van der Waals surface area contributed by atoms with Gasteiger partial charge in [-0.1, -0.05) is 0 Å². The normalized spacial score (nSPS) is 25.6. The number of hydrogen-bond acceptors (Lipinski definition) is 3. The molecular weight excluding hydrogens is 198 g/mol. The standard InChI is InChI=1S/C10H14ClN3/c1-14(7-8-4-9(11)5-8)10-6-12-2-3-13-10/h2-3,6,8-9H,4-5,7H2,1H3. The monoisotopic (exact) mass is 211 g/mol. The highest BCUT2D eigenvalue weighted by atomic mass is 35.5. The Morgan fingerprint density at radius 2 is 2.29 bits per heavy atom. The highest BCUT2D eigenvalue weighted by Crippen LogP contribution is 2.32. The van der Waals surface area contributed by atoms with Gasteiger partial charge in [-0.25, -0.2) is 4.98 Å². The molecule has 0 N–H and O–H groups in total. The van der Waals surface area contributed by atoms with Crippen molar-refractivity contribution in [1.29, 1.82) is 0 Å². The molecule has 1 heterocycles. The van der Waals surface area contributed by atoms with Crippen molar-refractivity contribution in [2.45, 2.75) is 18.2 Å². The molecule has 1 aromatic heterocycles. The van der Waals surface area contributed by atoms with Crippen molar-refractivity contribution in [1.82, 2.24) is 9.97 Å². The van der Waals surface area contributed by atoms with E-state index < -0.39 is 0 Å². The molecule has 0 aliphatic heterocycles. The molecule has 2 rings (SSSR count). The van der Waals surface area contributed by atoms with Gasteiger partial charge in [0.1, 0.15) is 5.82 Å². The van der Waals surface area contributed by atoms with Gasteiger partial charge in [-0.2, -0.15) is 0 Å². The molecule has 0 bridgehead atoms. The van der Waals surface area contributed by atoms with E-state index in [1.807, 2.05) is 7.05 Å². The van der Waals surface area contributed by atoms with Gasteiger partial charge in [0.15, 0.2) is 0 Å². The Labute approximate surface area is 89.1 Å². The van der Waals surface area contributed by atoms with Crippen LogP contribution >= 0.6 is 11.6 Å². The van der Waals surface area contributed by atoms with E-state index in [1.165, 1.54) is 0 Å². The minimum atomic E-state index is 0.398. The van der Waals surface area contributed by atoms with Crippen LogP contribution in [-0.4, -0.2) is 28.9 Å². The molecule has 1 aromatic rings. The van der Waals surface area contributed by atoms with Crippen LogP contribution in [0.4, 0.5) is 5.82 Å². The number of nitrogens with zero attached hydrogens (tertiary/aromatic N) is 3. The van der Waals surface area contributed by atoms with Gasteiger partial charge in [0.25, 0.3) is 0 Å². The molecule has 1 aliphatic carbocycles. The predicted molar refractivity (Wildman–Crippen MR) is 57.7 cm³/mol. The lowest BCUT2D eigenvalue weighted by Gasteiger charge is -2.34. The van der Waals surface area contributed by atoms with Crippen LogP contribution in [0.15, 0.2) is 18.6 Å². The van der Waals surface area contributed by atoms with Crippen LogP contribution in [0.25, 0.3) is 0 Å².